The van der Waals surface area contributed by atoms with Gasteiger partial charge in [0.05, 0.1) is 0 Å². The first-order valence-corrected chi connectivity index (χ1v) is 8.11. The first-order valence-electron chi connectivity index (χ1n) is 8.11. The highest BCUT2D eigenvalue weighted by molar-refractivity contribution is 5.68. The summed E-state index contributed by atoms with van der Waals surface area (Å²) in [5.41, 5.74) is 6.80. The van der Waals surface area contributed by atoms with E-state index >= 15 is 0 Å². The van der Waals surface area contributed by atoms with Crippen molar-refractivity contribution in [2.45, 2.75) is 64.1 Å². The summed E-state index contributed by atoms with van der Waals surface area (Å²) in [7, 11) is 0. The largest absolute Gasteiger partial charge is 0.444 e. The highest BCUT2D eigenvalue weighted by Gasteiger charge is 2.33. The van der Waals surface area contributed by atoms with Crippen LogP contribution >= 0.6 is 0 Å². The molecule has 6 heteroatoms. The molecule has 0 saturated carbocycles. The molecule has 0 bridgehead atoms. The van der Waals surface area contributed by atoms with Gasteiger partial charge in [-0.3, -0.25) is 0 Å². The minimum Gasteiger partial charge on any atom is -0.444 e. The van der Waals surface area contributed by atoms with Gasteiger partial charge in [-0.1, -0.05) is 0 Å². The van der Waals surface area contributed by atoms with Gasteiger partial charge in [0.1, 0.15) is 11.4 Å². The number of hydrogen-bond donors (Lipinski definition) is 1. The molecule has 0 aromatic carbocycles. The molecule has 2 aliphatic heterocycles. The molecule has 0 spiro atoms. The average molecular weight is 306 g/mol. The van der Waals surface area contributed by atoms with Gasteiger partial charge in [-0.2, -0.15) is 0 Å². The molecule has 1 fully saturated rings. The number of nitrogens with two attached hydrogens (primary N) is 1. The third-order valence-electron chi connectivity index (χ3n) is 4.37. The van der Waals surface area contributed by atoms with Crippen molar-refractivity contribution >= 4 is 6.09 Å². The van der Waals surface area contributed by atoms with Gasteiger partial charge in [0, 0.05) is 49.9 Å². The fraction of sp³-hybridized carbons (Fsp3) is 0.750. The smallest absolute Gasteiger partial charge is 0.410 e. The van der Waals surface area contributed by atoms with Crippen molar-refractivity contribution in [1.82, 2.24) is 14.5 Å². The first kappa shape index (κ1) is 15.3. The summed E-state index contributed by atoms with van der Waals surface area (Å²) < 4.78 is 7.76. The van der Waals surface area contributed by atoms with Gasteiger partial charge in [0.15, 0.2) is 0 Å². The van der Waals surface area contributed by atoms with Gasteiger partial charge < -0.3 is 19.9 Å². The van der Waals surface area contributed by atoms with E-state index in [4.69, 9.17) is 10.5 Å². The van der Waals surface area contributed by atoms with Gasteiger partial charge in [0.2, 0.25) is 0 Å². The van der Waals surface area contributed by atoms with Crippen molar-refractivity contribution in [3.05, 3.63) is 17.7 Å². The van der Waals surface area contributed by atoms with Crippen molar-refractivity contribution in [2.75, 3.05) is 13.1 Å². The van der Waals surface area contributed by atoms with Crippen LogP contribution in [-0.2, 0) is 17.7 Å². The van der Waals surface area contributed by atoms with Gasteiger partial charge in [0.25, 0.3) is 0 Å². The van der Waals surface area contributed by atoms with Crippen LogP contribution in [0.15, 0.2) is 6.20 Å². The molecule has 22 heavy (non-hydrogen) atoms. The monoisotopic (exact) mass is 306 g/mol. The zero-order valence-corrected chi connectivity index (χ0v) is 13.7. The summed E-state index contributed by atoms with van der Waals surface area (Å²) >= 11 is 0. The minimum absolute atomic E-state index is 0.220. The van der Waals surface area contributed by atoms with E-state index in [1.165, 1.54) is 5.69 Å². The second-order valence-corrected chi connectivity index (χ2v) is 7.42. The van der Waals surface area contributed by atoms with E-state index in [-0.39, 0.29) is 12.1 Å². The van der Waals surface area contributed by atoms with E-state index in [1.54, 1.807) is 4.90 Å². The second-order valence-electron chi connectivity index (χ2n) is 7.42. The second kappa shape index (κ2) is 5.57. The lowest BCUT2D eigenvalue weighted by molar-refractivity contribution is 0.0292. The molecular formula is C16H26N4O2. The molecule has 1 amide bonds. The van der Waals surface area contributed by atoms with Crippen LogP contribution in [0.3, 0.4) is 0 Å². The maximum absolute atomic E-state index is 12.2. The molecule has 2 atom stereocenters. The number of likely N-dealkylation sites (tertiary alicyclic amines) is 1. The van der Waals surface area contributed by atoms with Crippen LogP contribution < -0.4 is 5.73 Å². The third kappa shape index (κ3) is 3.11. The lowest BCUT2D eigenvalue weighted by Gasteiger charge is -2.25. The Balaban J connectivity index is 1.67. The first-order chi connectivity index (χ1) is 10.3. The molecule has 0 radical (unpaired) electrons. The van der Waals surface area contributed by atoms with E-state index in [2.05, 4.69) is 9.55 Å². The predicted octanol–water partition coefficient (Wildman–Crippen LogP) is 1.88. The SMILES string of the molecule is CC(C)(C)OC(=O)N1CCC(c2ncc3n2CCC(N)C3)C1. The van der Waals surface area contributed by atoms with Crippen LogP contribution in [0.25, 0.3) is 0 Å². The maximum atomic E-state index is 12.2. The summed E-state index contributed by atoms with van der Waals surface area (Å²) in [6, 6.07) is 0.249. The molecule has 1 saturated heterocycles. The minimum atomic E-state index is -0.447. The molecule has 1 aromatic heterocycles. The Morgan fingerprint density at radius 2 is 2.14 bits per heavy atom. The average Bonchev–Trinajstić information content (AvgIpc) is 3.01. The summed E-state index contributed by atoms with van der Waals surface area (Å²) in [6.07, 6.45) is 4.57. The summed E-state index contributed by atoms with van der Waals surface area (Å²) in [5.74, 6) is 1.41. The topological polar surface area (TPSA) is 73.4 Å². The Kier molecular flexibility index (Phi) is 3.89. The van der Waals surface area contributed by atoms with Crippen LogP contribution in [-0.4, -0.2) is 45.3 Å². The highest BCUT2D eigenvalue weighted by Crippen LogP contribution is 2.30. The number of rotatable bonds is 1. The molecule has 2 aliphatic rings. The molecule has 6 nitrogen and oxygen atoms in total. The zero-order valence-electron chi connectivity index (χ0n) is 13.7. The van der Waals surface area contributed by atoms with Crippen molar-refractivity contribution in [3.8, 4) is 0 Å². The number of hydrogen-bond acceptors (Lipinski definition) is 4. The van der Waals surface area contributed by atoms with Crippen molar-refractivity contribution in [1.29, 1.82) is 0 Å². The number of fused-ring (bicyclic) bond motifs is 1. The van der Waals surface area contributed by atoms with E-state index in [0.29, 0.717) is 12.5 Å². The quantitative estimate of drug-likeness (QED) is 0.860. The molecule has 122 valence electrons. The molecule has 0 aliphatic carbocycles. The van der Waals surface area contributed by atoms with Crippen molar-refractivity contribution in [2.24, 2.45) is 5.73 Å². The predicted molar refractivity (Wildman–Crippen MR) is 83.7 cm³/mol. The lowest BCUT2D eigenvalue weighted by Crippen LogP contribution is -2.35. The van der Waals surface area contributed by atoms with Crippen molar-refractivity contribution in [3.63, 3.8) is 0 Å². The van der Waals surface area contributed by atoms with Gasteiger partial charge in [-0.05, 0) is 33.6 Å². The van der Waals surface area contributed by atoms with E-state index in [9.17, 15) is 4.79 Å². The number of aromatic nitrogens is 2. The summed E-state index contributed by atoms with van der Waals surface area (Å²) in [5, 5.41) is 0. The van der Waals surface area contributed by atoms with Crippen LogP contribution in [0.4, 0.5) is 4.79 Å². The molecular weight excluding hydrogens is 280 g/mol. The Morgan fingerprint density at radius 3 is 2.86 bits per heavy atom. The number of nitrogens with zero attached hydrogens (tertiary/aromatic N) is 3. The molecule has 3 rings (SSSR count). The number of imidazole rings is 1. The van der Waals surface area contributed by atoms with Crippen LogP contribution in [0.2, 0.25) is 0 Å². The number of ether oxygens (including phenoxy) is 1. The van der Waals surface area contributed by atoms with Gasteiger partial charge in [-0.25, -0.2) is 9.78 Å². The summed E-state index contributed by atoms with van der Waals surface area (Å²) in [4.78, 5) is 18.6. The normalized spacial score (nSPS) is 25.2. The van der Waals surface area contributed by atoms with Crippen molar-refractivity contribution < 1.29 is 9.53 Å². The number of amides is 1. The fourth-order valence-electron chi connectivity index (χ4n) is 3.30. The lowest BCUT2D eigenvalue weighted by atomic mass is 10.0. The Morgan fingerprint density at radius 1 is 1.36 bits per heavy atom. The summed E-state index contributed by atoms with van der Waals surface area (Å²) in [6.45, 7) is 8.06. The van der Waals surface area contributed by atoms with Crippen LogP contribution in [0, 0.1) is 0 Å². The zero-order chi connectivity index (χ0) is 15.9. The molecule has 2 unspecified atom stereocenters. The number of carbonyl (C=O) groups is 1. The van der Waals surface area contributed by atoms with E-state index < -0.39 is 5.60 Å². The molecule has 1 aromatic rings. The standard InChI is InChI=1S/C16H26N4O2/c1-16(2,3)22-15(21)19-6-4-11(10-19)14-18-9-13-8-12(17)5-7-20(13)14/h9,11-12H,4-8,10,17H2,1-3H3. The van der Waals surface area contributed by atoms with Gasteiger partial charge >= 0.3 is 6.09 Å². The van der Waals surface area contributed by atoms with Crippen LogP contribution in [0.1, 0.15) is 51.0 Å². The number of carbonyl (C=O) groups excluding carboxylic acids is 1. The Hall–Kier alpha value is -1.56. The fourth-order valence-corrected chi connectivity index (χ4v) is 3.30. The molecule has 2 N–H and O–H groups in total. The van der Waals surface area contributed by atoms with E-state index in [0.717, 1.165) is 38.2 Å². The Labute approximate surface area is 131 Å². The maximum Gasteiger partial charge on any atom is 0.410 e. The highest BCUT2D eigenvalue weighted by atomic mass is 16.6. The third-order valence-corrected chi connectivity index (χ3v) is 4.37. The molecule has 3 heterocycles. The van der Waals surface area contributed by atoms with Gasteiger partial charge in [-0.15, -0.1) is 0 Å². The van der Waals surface area contributed by atoms with E-state index in [1.807, 2.05) is 27.0 Å². The van der Waals surface area contributed by atoms with Crippen LogP contribution in [0.5, 0.6) is 0 Å². The Bertz CT molecular complexity index is 561.